The molecular formula is C11H14BrNO2. The minimum absolute atomic E-state index is 0.160. The van der Waals surface area contributed by atoms with Crippen LogP contribution in [-0.4, -0.2) is 25.8 Å². The molecule has 3 nitrogen and oxygen atoms in total. The highest BCUT2D eigenvalue weighted by atomic mass is 79.9. The van der Waals surface area contributed by atoms with E-state index in [1.807, 2.05) is 25.3 Å². The van der Waals surface area contributed by atoms with Crippen molar-refractivity contribution in [2.75, 3.05) is 20.7 Å². The predicted octanol–water partition coefficient (Wildman–Crippen LogP) is 2.40. The Kier molecular flexibility index (Phi) is 4.65. The maximum atomic E-state index is 9.80. The van der Waals surface area contributed by atoms with Crippen LogP contribution in [0.15, 0.2) is 22.7 Å². The average molecular weight is 272 g/mol. The molecule has 0 atom stereocenters. The third kappa shape index (κ3) is 3.25. The van der Waals surface area contributed by atoms with Gasteiger partial charge in [0.2, 0.25) is 0 Å². The van der Waals surface area contributed by atoms with Crippen molar-refractivity contribution >= 4 is 22.0 Å². The molecule has 4 heteroatoms. The number of methoxy groups -OCH3 is 1. The number of aromatic hydroxyl groups is 1. The molecule has 0 fully saturated rings. The number of phenolic OH excluding ortho intramolecular Hbond substituents is 1. The molecule has 0 bridgehead atoms. The van der Waals surface area contributed by atoms with Crippen molar-refractivity contribution in [2.45, 2.75) is 0 Å². The normalized spacial score (nSPS) is 10.9. The van der Waals surface area contributed by atoms with Crippen LogP contribution in [-0.2, 0) is 0 Å². The Morgan fingerprint density at radius 1 is 1.53 bits per heavy atom. The van der Waals surface area contributed by atoms with Crippen LogP contribution in [0.2, 0.25) is 0 Å². The number of hydrogen-bond acceptors (Lipinski definition) is 3. The highest BCUT2D eigenvalue weighted by Crippen LogP contribution is 2.34. The second-order valence-electron chi connectivity index (χ2n) is 3.01. The topological polar surface area (TPSA) is 41.5 Å². The van der Waals surface area contributed by atoms with Crippen molar-refractivity contribution in [1.29, 1.82) is 0 Å². The SMILES string of the molecule is CNCC=Cc1cc(Br)cc(OC)c1O. The standard InChI is InChI=1S/C11H14BrNO2/c1-13-5-3-4-8-6-9(12)7-10(15-2)11(8)14/h3-4,6-7,13-14H,5H2,1-2H3. The van der Waals surface area contributed by atoms with Gasteiger partial charge < -0.3 is 15.2 Å². The molecule has 15 heavy (non-hydrogen) atoms. The number of hydrogen-bond donors (Lipinski definition) is 2. The summed E-state index contributed by atoms with van der Waals surface area (Å²) in [6, 6.07) is 3.56. The minimum atomic E-state index is 0.160. The van der Waals surface area contributed by atoms with Gasteiger partial charge in [-0.25, -0.2) is 0 Å². The average Bonchev–Trinajstić information content (AvgIpc) is 2.23. The van der Waals surface area contributed by atoms with Gasteiger partial charge in [0, 0.05) is 16.6 Å². The first kappa shape index (κ1) is 12.1. The van der Waals surface area contributed by atoms with Gasteiger partial charge in [-0.1, -0.05) is 28.1 Å². The third-order valence-electron chi connectivity index (χ3n) is 1.91. The molecule has 0 saturated carbocycles. The van der Waals surface area contributed by atoms with Crippen molar-refractivity contribution in [3.63, 3.8) is 0 Å². The van der Waals surface area contributed by atoms with Gasteiger partial charge in [-0.05, 0) is 19.2 Å². The van der Waals surface area contributed by atoms with E-state index in [1.165, 1.54) is 7.11 Å². The maximum absolute atomic E-state index is 9.80. The van der Waals surface area contributed by atoms with Crippen molar-refractivity contribution in [3.8, 4) is 11.5 Å². The molecule has 0 aliphatic rings. The Morgan fingerprint density at radius 3 is 2.87 bits per heavy atom. The zero-order valence-corrected chi connectivity index (χ0v) is 10.3. The summed E-state index contributed by atoms with van der Waals surface area (Å²) >= 11 is 3.36. The monoisotopic (exact) mass is 271 g/mol. The van der Waals surface area contributed by atoms with E-state index in [9.17, 15) is 5.11 Å². The highest BCUT2D eigenvalue weighted by molar-refractivity contribution is 9.10. The number of halogens is 1. The van der Waals surface area contributed by atoms with Crippen LogP contribution >= 0.6 is 15.9 Å². The summed E-state index contributed by atoms with van der Waals surface area (Å²) in [6.45, 7) is 0.758. The predicted molar refractivity (Wildman–Crippen MR) is 65.3 cm³/mol. The van der Waals surface area contributed by atoms with E-state index < -0.39 is 0 Å². The minimum Gasteiger partial charge on any atom is -0.504 e. The van der Waals surface area contributed by atoms with Crippen LogP contribution in [0.1, 0.15) is 5.56 Å². The largest absolute Gasteiger partial charge is 0.504 e. The zero-order valence-electron chi connectivity index (χ0n) is 8.75. The van der Waals surface area contributed by atoms with Crippen LogP contribution in [0, 0.1) is 0 Å². The summed E-state index contributed by atoms with van der Waals surface area (Å²) in [5.41, 5.74) is 0.733. The van der Waals surface area contributed by atoms with Gasteiger partial charge in [0.1, 0.15) is 0 Å². The molecule has 82 valence electrons. The lowest BCUT2D eigenvalue weighted by Crippen LogP contribution is -2.03. The number of benzene rings is 1. The first-order valence-corrected chi connectivity index (χ1v) is 5.36. The number of phenols is 1. The number of likely N-dealkylation sites (N-methyl/N-ethyl adjacent to an activating group) is 1. The van der Waals surface area contributed by atoms with Crippen LogP contribution in [0.4, 0.5) is 0 Å². The number of nitrogens with one attached hydrogen (secondary N) is 1. The lowest BCUT2D eigenvalue weighted by Gasteiger charge is -2.06. The number of ether oxygens (including phenoxy) is 1. The van der Waals surface area contributed by atoms with Gasteiger partial charge >= 0.3 is 0 Å². The van der Waals surface area contributed by atoms with Crippen LogP contribution < -0.4 is 10.1 Å². The van der Waals surface area contributed by atoms with E-state index in [1.54, 1.807) is 6.07 Å². The van der Waals surface area contributed by atoms with Crippen LogP contribution in [0.3, 0.4) is 0 Å². The molecule has 1 aromatic carbocycles. The molecular weight excluding hydrogens is 258 g/mol. The summed E-state index contributed by atoms with van der Waals surface area (Å²) in [4.78, 5) is 0. The highest BCUT2D eigenvalue weighted by Gasteiger charge is 2.06. The lowest BCUT2D eigenvalue weighted by atomic mass is 10.1. The summed E-state index contributed by atoms with van der Waals surface area (Å²) in [6.07, 6.45) is 3.78. The van der Waals surface area contributed by atoms with Gasteiger partial charge in [0.25, 0.3) is 0 Å². The second kappa shape index (κ2) is 5.78. The molecule has 0 aromatic heterocycles. The molecule has 0 aliphatic heterocycles. The molecule has 1 rings (SSSR count). The molecule has 0 spiro atoms. The first-order valence-electron chi connectivity index (χ1n) is 4.56. The van der Waals surface area contributed by atoms with Gasteiger partial charge in [0.05, 0.1) is 7.11 Å². The fourth-order valence-electron chi connectivity index (χ4n) is 1.18. The molecule has 1 aromatic rings. The van der Waals surface area contributed by atoms with Crippen LogP contribution in [0.5, 0.6) is 11.5 Å². The summed E-state index contributed by atoms with van der Waals surface area (Å²) < 4.78 is 5.92. The summed E-state index contributed by atoms with van der Waals surface area (Å²) in [5, 5.41) is 12.8. The van der Waals surface area contributed by atoms with E-state index in [4.69, 9.17) is 4.74 Å². The lowest BCUT2D eigenvalue weighted by molar-refractivity contribution is 0.372. The van der Waals surface area contributed by atoms with E-state index in [-0.39, 0.29) is 5.75 Å². The summed E-state index contributed by atoms with van der Waals surface area (Å²) in [7, 11) is 3.40. The first-order chi connectivity index (χ1) is 7.19. The Balaban J connectivity index is 3.01. The van der Waals surface area contributed by atoms with E-state index in [2.05, 4.69) is 21.2 Å². The van der Waals surface area contributed by atoms with Crippen molar-refractivity contribution in [1.82, 2.24) is 5.32 Å². The zero-order chi connectivity index (χ0) is 11.3. The van der Waals surface area contributed by atoms with E-state index in [0.29, 0.717) is 5.75 Å². The van der Waals surface area contributed by atoms with Gasteiger partial charge in [-0.3, -0.25) is 0 Å². The number of rotatable bonds is 4. The molecule has 0 unspecified atom stereocenters. The molecule has 0 radical (unpaired) electrons. The van der Waals surface area contributed by atoms with Crippen molar-refractivity contribution < 1.29 is 9.84 Å². The smallest absolute Gasteiger partial charge is 0.165 e. The Hall–Kier alpha value is -1.00. The van der Waals surface area contributed by atoms with E-state index in [0.717, 1.165) is 16.6 Å². The fourth-order valence-corrected chi connectivity index (χ4v) is 1.64. The molecule has 0 heterocycles. The quantitative estimate of drug-likeness (QED) is 0.884. The van der Waals surface area contributed by atoms with Gasteiger partial charge in [0.15, 0.2) is 11.5 Å². The van der Waals surface area contributed by atoms with Gasteiger partial charge in [-0.15, -0.1) is 0 Å². The van der Waals surface area contributed by atoms with Crippen molar-refractivity contribution in [3.05, 3.63) is 28.2 Å². The second-order valence-corrected chi connectivity index (χ2v) is 3.92. The fraction of sp³-hybridized carbons (Fsp3) is 0.273. The Labute approximate surface area is 97.9 Å². The van der Waals surface area contributed by atoms with E-state index >= 15 is 0 Å². The molecule has 0 aliphatic carbocycles. The van der Waals surface area contributed by atoms with Crippen LogP contribution in [0.25, 0.3) is 6.08 Å². The third-order valence-corrected chi connectivity index (χ3v) is 2.37. The Morgan fingerprint density at radius 2 is 2.27 bits per heavy atom. The van der Waals surface area contributed by atoms with Crippen molar-refractivity contribution in [2.24, 2.45) is 0 Å². The molecule has 0 saturated heterocycles. The maximum Gasteiger partial charge on any atom is 0.165 e. The molecule has 2 N–H and O–H groups in total. The molecule has 0 amide bonds. The summed E-state index contributed by atoms with van der Waals surface area (Å²) in [5.74, 6) is 0.626. The van der Waals surface area contributed by atoms with Gasteiger partial charge in [-0.2, -0.15) is 0 Å². The Bertz CT molecular complexity index is 364.